The lowest BCUT2D eigenvalue weighted by atomic mass is 10.1. The molecule has 82 valence electrons. The van der Waals surface area contributed by atoms with Crippen LogP contribution in [0.3, 0.4) is 0 Å². The third kappa shape index (κ3) is 3.66. The zero-order valence-corrected chi connectivity index (χ0v) is 9.31. The molecule has 1 aliphatic rings. The van der Waals surface area contributed by atoms with Gasteiger partial charge in [-0.15, -0.1) is 0 Å². The van der Waals surface area contributed by atoms with Crippen molar-refractivity contribution in [2.24, 2.45) is 5.92 Å². The van der Waals surface area contributed by atoms with Crippen molar-refractivity contribution in [1.29, 1.82) is 0 Å². The molecule has 3 heteroatoms. The Labute approximate surface area is 86.6 Å². The Morgan fingerprint density at radius 2 is 2.21 bits per heavy atom. The van der Waals surface area contributed by atoms with Gasteiger partial charge in [0, 0.05) is 19.0 Å². The molecule has 2 N–H and O–H groups in total. The number of carbonyl (C=O) groups is 1. The van der Waals surface area contributed by atoms with E-state index < -0.39 is 0 Å². The zero-order valence-electron chi connectivity index (χ0n) is 9.31. The number of amides is 1. The Morgan fingerprint density at radius 3 is 2.79 bits per heavy atom. The fraction of sp³-hybridized carbons (Fsp3) is 0.909. The first-order valence-corrected chi connectivity index (χ1v) is 5.74. The fourth-order valence-corrected chi connectivity index (χ4v) is 2.02. The third-order valence-corrected chi connectivity index (χ3v) is 2.99. The van der Waals surface area contributed by atoms with Crippen molar-refractivity contribution in [3.63, 3.8) is 0 Å². The monoisotopic (exact) mass is 198 g/mol. The minimum atomic E-state index is 0.199. The summed E-state index contributed by atoms with van der Waals surface area (Å²) in [5, 5.41) is 6.26. The highest BCUT2D eigenvalue weighted by Crippen LogP contribution is 2.24. The average molecular weight is 198 g/mol. The van der Waals surface area contributed by atoms with E-state index in [0.717, 1.165) is 19.5 Å². The van der Waals surface area contributed by atoms with E-state index in [1.54, 1.807) is 0 Å². The molecule has 0 saturated heterocycles. The van der Waals surface area contributed by atoms with Crippen LogP contribution in [0.5, 0.6) is 0 Å². The molecule has 0 aliphatic heterocycles. The highest BCUT2D eigenvalue weighted by atomic mass is 16.1. The first kappa shape index (κ1) is 11.5. The molecule has 0 aromatic heterocycles. The number of hydrogen-bond acceptors (Lipinski definition) is 2. The summed E-state index contributed by atoms with van der Waals surface area (Å²) < 4.78 is 0. The van der Waals surface area contributed by atoms with Gasteiger partial charge in [0.25, 0.3) is 0 Å². The van der Waals surface area contributed by atoms with Gasteiger partial charge in [0.1, 0.15) is 0 Å². The van der Waals surface area contributed by atoms with Gasteiger partial charge in [0.05, 0.1) is 0 Å². The van der Waals surface area contributed by atoms with Crippen LogP contribution >= 0.6 is 0 Å². The zero-order chi connectivity index (χ0) is 10.4. The summed E-state index contributed by atoms with van der Waals surface area (Å²) in [4.78, 5) is 11.5. The molecule has 0 heterocycles. The maximum atomic E-state index is 11.5. The van der Waals surface area contributed by atoms with Crippen LogP contribution < -0.4 is 10.6 Å². The molecular weight excluding hydrogens is 176 g/mol. The van der Waals surface area contributed by atoms with Crippen LogP contribution in [0.4, 0.5) is 0 Å². The van der Waals surface area contributed by atoms with Crippen LogP contribution in [0.25, 0.3) is 0 Å². The van der Waals surface area contributed by atoms with E-state index in [1.807, 2.05) is 0 Å². The lowest BCUT2D eigenvalue weighted by molar-refractivity contribution is -0.121. The van der Waals surface area contributed by atoms with Crippen LogP contribution in [-0.4, -0.2) is 25.0 Å². The number of carbonyl (C=O) groups excluding carboxylic acids is 1. The quantitative estimate of drug-likeness (QED) is 0.654. The largest absolute Gasteiger partial charge is 0.353 e. The van der Waals surface area contributed by atoms with E-state index >= 15 is 0 Å². The number of hydrogen-bond donors (Lipinski definition) is 2. The molecule has 0 radical (unpaired) electrons. The van der Waals surface area contributed by atoms with E-state index in [2.05, 4.69) is 24.5 Å². The highest BCUT2D eigenvalue weighted by Gasteiger charge is 2.24. The van der Waals surface area contributed by atoms with Gasteiger partial charge in [0.2, 0.25) is 5.91 Å². The van der Waals surface area contributed by atoms with Gasteiger partial charge < -0.3 is 10.6 Å². The highest BCUT2D eigenvalue weighted by molar-refractivity contribution is 5.76. The molecule has 1 saturated carbocycles. The topological polar surface area (TPSA) is 41.1 Å². The van der Waals surface area contributed by atoms with Gasteiger partial charge in [-0.25, -0.2) is 0 Å². The molecule has 3 nitrogen and oxygen atoms in total. The molecule has 1 aliphatic carbocycles. The van der Waals surface area contributed by atoms with E-state index in [0.29, 0.717) is 18.4 Å². The fourth-order valence-electron chi connectivity index (χ4n) is 2.02. The number of rotatable bonds is 5. The van der Waals surface area contributed by atoms with Crippen LogP contribution in [0.2, 0.25) is 0 Å². The standard InChI is InChI=1S/C11H22N2O/c1-3-12-8-7-11(14)13-10-6-4-5-9(10)2/h9-10,12H,3-8H2,1-2H3,(H,13,14). The van der Waals surface area contributed by atoms with Crippen molar-refractivity contribution in [2.45, 2.75) is 45.6 Å². The summed E-state index contributed by atoms with van der Waals surface area (Å²) in [5.41, 5.74) is 0. The van der Waals surface area contributed by atoms with Gasteiger partial charge >= 0.3 is 0 Å². The summed E-state index contributed by atoms with van der Waals surface area (Å²) in [6, 6.07) is 0.434. The summed E-state index contributed by atoms with van der Waals surface area (Å²) >= 11 is 0. The molecule has 1 rings (SSSR count). The average Bonchev–Trinajstić information content (AvgIpc) is 2.52. The van der Waals surface area contributed by atoms with Crippen molar-refractivity contribution in [2.75, 3.05) is 13.1 Å². The van der Waals surface area contributed by atoms with Crippen LogP contribution in [0.15, 0.2) is 0 Å². The van der Waals surface area contributed by atoms with Crippen LogP contribution in [0.1, 0.15) is 39.5 Å². The summed E-state index contributed by atoms with van der Waals surface area (Å²) in [7, 11) is 0. The molecule has 0 aromatic rings. The minimum Gasteiger partial charge on any atom is -0.353 e. The Kier molecular flexibility index (Phi) is 4.94. The second-order valence-corrected chi connectivity index (χ2v) is 4.19. The van der Waals surface area contributed by atoms with E-state index in [4.69, 9.17) is 0 Å². The van der Waals surface area contributed by atoms with Gasteiger partial charge in [-0.05, 0) is 25.3 Å². The maximum absolute atomic E-state index is 11.5. The molecule has 2 unspecified atom stereocenters. The second-order valence-electron chi connectivity index (χ2n) is 4.19. The third-order valence-electron chi connectivity index (χ3n) is 2.99. The van der Waals surface area contributed by atoms with E-state index in [-0.39, 0.29) is 5.91 Å². The van der Waals surface area contributed by atoms with Gasteiger partial charge in [-0.2, -0.15) is 0 Å². The summed E-state index contributed by atoms with van der Waals surface area (Å²) in [6.07, 6.45) is 4.29. The molecule has 2 atom stereocenters. The molecule has 0 bridgehead atoms. The van der Waals surface area contributed by atoms with Crippen LogP contribution in [-0.2, 0) is 4.79 Å². The van der Waals surface area contributed by atoms with Crippen molar-refractivity contribution in [1.82, 2.24) is 10.6 Å². The van der Waals surface area contributed by atoms with Gasteiger partial charge in [-0.1, -0.05) is 20.3 Å². The van der Waals surface area contributed by atoms with Gasteiger partial charge in [-0.3, -0.25) is 4.79 Å². The van der Waals surface area contributed by atoms with Crippen LogP contribution in [0, 0.1) is 5.92 Å². The predicted molar refractivity (Wildman–Crippen MR) is 58.1 cm³/mol. The van der Waals surface area contributed by atoms with Crippen molar-refractivity contribution in [3.05, 3.63) is 0 Å². The predicted octanol–water partition coefficient (Wildman–Crippen LogP) is 1.29. The Hall–Kier alpha value is -0.570. The first-order chi connectivity index (χ1) is 6.74. The Balaban J connectivity index is 2.13. The lowest BCUT2D eigenvalue weighted by Crippen LogP contribution is -2.37. The maximum Gasteiger partial charge on any atom is 0.221 e. The molecule has 0 aromatic carbocycles. The van der Waals surface area contributed by atoms with Crippen molar-refractivity contribution < 1.29 is 4.79 Å². The van der Waals surface area contributed by atoms with Crippen molar-refractivity contribution in [3.8, 4) is 0 Å². The molecule has 0 spiro atoms. The van der Waals surface area contributed by atoms with Gasteiger partial charge in [0.15, 0.2) is 0 Å². The molecular formula is C11H22N2O. The summed E-state index contributed by atoms with van der Waals surface area (Å²) in [5.74, 6) is 0.864. The molecule has 1 fully saturated rings. The molecule has 14 heavy (non-hydrogen) atoms. The Morgan fingerprint density at radius 1 is 1.43 bits per heavy atom. The lowest BCUT2D eigenvalue weighted by Gasteiger charge is -2.17. The molecule has 1 amide bonds. The Bertz CT molecular complexity index is 182. The van der Waals surface area contributed by atoms with E-state index in [1.165, 1.54) is 12.8 Å². The normalized spacial score (nSPS) is 26.4. The number of nitrogens with one attached hydrogen (secondary N) is 2. The smallest absolute Gasteiger partial charge is 0.221 e. The second kappa shape index (κ2) is 6.02. The summed E-state index contributed by atoms with van der Waals surface area (Å²) in [6.45, 7) is 6.01. The van der Waals surface area contributed by atoms with Crippen molar-refractivity contribution >= 4 is 5.91 Å². The first-order valence-electron chi connectivity index (χ1n) is 5.74. The minimum absolute atomic E-state index is 0.199. The SMILES string of the molecule is CCNCCC(=O)NC1CCCC1C. The van der Waals surface area contributed by atoms with E-state index in [9.17, 15) is 4.79 Å².